The largest absolute Gasteiger partial charge is 0.312 e. The van der Waals surface area contributed by atoms with Gasteiger partial charge >= 0.3 is 0 Å². The van der Waals surface area contributed by atoms with Crippen LogP contribution < -0.4 is 10.5 Å². The highest BCUT2D eigenvalue weighted by Crippen LogP contribution is 2.22. The number of aromatic nitrogens is 2. The van der Waals surface area contributed by atoms with Gasteiger partial charge in [-0.1, -0.05) is 24.3 Å². The number of anilines is 1. The fraction of sp³-hybridized carbons (Fsp3) is 0.286. The van der Waals surface area contributed by atoms with Crippen molar-refractivity contribution >= 4 is 22.5 Å². The molecule has 26 heavy (non-hydrogen) atoms. The first-order valence-electron chi connectivity index (χ1n) is 8.83. The van der Waals surface area contributed by atoms with Gasteiger partial charge in [0.2, 0.25) is 5.91 Å². The molecule has 0 N–H and O–H groups in total. The van der Waals surface area contributed by atoms with Gasteiger partial charge in [-0.3, -0.25) is 14.2 Å². The molecule has 5 heteroatoms. The van der Waals surface area contributed by atoms with Crippen molar-refractivity contribution in [2.45, 2.75) is 33.7 Å². The first-order chi connectivity index (χ1) is 12.5. The van der Waals surface area contributed by atoms with Crippen molar-refractivity contribution in [1.82, 2.24) is 9.55 Å². The van der Waals surface area contributed by atoms with Crippen LogP contribution in [0.1, 0.15) is 24.5 Å². The van der Waals surface area contributed by atoms with E-state index < -0.39 is 0 Å². The Morgan fingerprint density at radius 2 is 1.92 bits per heavy atom. The number of hydrogen-bond acceptors (Lipinski definition) is 3. The third kappa shape index (κ3) is 3.52. The predicted octanol–water partition coefficient (Wildman–Crippen LogP) is 3.46. The molecule has 3 rings (SSSR count). The van der Waals surface area contributed by atoms with Crippen LogP contribution in [-0.4, -0.2) is 22.0 Å². The summed E-state index contributed by atoms with van der Waals surface area (Å²) in [6, 6.07) is 13.3. The first-order valence-corrected chi connectivity index (χ1v) is 8.83. The van der Waals surface area contributed by atoms with Gasteiger partial charge in [0.15, 0.2) is 0 Å². The van der Waals surface area contributed by atoms with E-state index in [1.165, 1.54) is 10.9 Å². The van der Waals surface area contributed by atoms with Gasteiger partial charge in [0, 0.05) is 25.2 Å². The second-order valence-electron chi connectivity index (χ2n) is 6.44. The van der Waals surface area contributed by atoms with Crippen LogP contribution in [0, 0.1) is 13.8 Å². The molecule has 134 valence electrons. The lowest BCUT2D eigenvalue weighted by molar-refractivity contribution is -0.118. The highest BCUT2D eigenvalue weighted by atomic mass is 16.2. The van der Waals surface area contributed by atoms with E-state index >= 15 is 0 Å². The lowest BCUT2D eigenvalue weighted by Crippen LogP contribution is -2.33. The highest BCUT2D eigenvalue weighted by molar-refractivity contribution is 5.94. The number of fused-ring (bicyclic) bond motifs is 1. The minimum absolute atomic E-state index is 0.00117. The maximum absolute atomic E-state index is 12.8. The Bertz CT molecular complexity index is 1010. The van der Waals surface area contributed by atoms with Crippen molar-refractivity contribution in [3.63, 3.8) is 0 Å². The second kappa shape index (κ2) is 7.52. The van der Waals surface area contributed by atoms with E-state index in [2.05, 4.69) is 4.98 Å². The van der Waals surface area contributed by atoms with Crippen LogP contribution in [0.2, 0.25) is 0 Å². The monoisotopic (exact) mass is 349 g/mol. The third-order valence-electron chi connectivity index (χ3n) is 4.57. The molecule has 0 aliphatic carbocycles. The van der Waals surface area contributed by atoms with Crippen molar-refractivity contribution < 1.29 is 4.79 Å². The molecule has 1 aromatic heterocycles. The second-order valence-corrected chi connectivity index (χ2v) is 6.44. The number of aryl methyl sites for hydroxylation is 3. The molecule has 0 fully saturated rings. The van der Waals surface area contributed by atoms with Crippen LogP contribution in [0.15, 0.2) is 53.6 Å². The molecule has 0 aliphatic heterocycles. The molecular weight excluding hydrogens is 326 g/mol. The molecule has 2 aromatic carbocycles. The molecule has 0 bridgehead atoms. The van der Waals surface area contributed by atoms with Crippen LogP contribution in [0.3, 0.4) is 0 Å². The summed E-state index contributed by atoms with van der Waals surface area (Å²) >= 11 is 0. The number of benzene rings is 2. The summed E-state index contributed by atoms with van der Waals surface area (Å²) in [4.78, 5) is 31.4. The number of rotatable bonds is 5. The first kappa shape index (κ1) is 17.9. The molecule has 0 aliphatic rings. The summed E-state index contributed by atoms with van der Waals surface area (Å²) < 4.78 is 1.51. The third-order valence-corrected chi connectivity index (χ3v) is 4.57. The van der Waals surface area contributed by atoms with Crippen LogP contribution >= 0.6 is 0 Å². The fourth-order valence-corrected chi connectivity index (χ4v) is 3.11. The Balaban J connectivity index is 1.80. The Kier molecular flexibility index (Phi) is 5.16. The van der Waals surface area contributed by atoms with E-state index in [0.29, 0.717) is 24.0 Å². The molecule has 1 amide bonds. The molecule has 5 nitrogen and oxygen atoms in total. The van der Waals surface area contributed by atoms with E-state index in [-0.39, 0.29) is 17.9 Å². The molecular formula is C21H23N3O2. The number of amides is 1. The van der Waals surface area contributed by atoms with E-state index in [1.807, 2.05) is 57.2 Å². The topological polar surface area (TPSA) is 55.2 Å². The summed E-state index contributed by atoms with van der Waals surface area (Å²) in [6.07, 6.45) is 1.77. The fourth-order valence-electron chi connectivity index (χ4n) is 3.11. The van der Waals surface area contributed by atoms with Gasteiger partial charge in [-0.25, -0.2) is 4.98 Å². The van der Waals surface area contributed by atoms with Crippen LogP contribution in [0.5, 0.6) is 0 Å². The van der Waals surface area contributed by atoms with Crippen molar-refractivity contribution in [3.05, 3.63) is 70.3 Å². The van der Waals surface area contributed by atoms with Gasteiger partial charge < -0.3 is 4.90 Å². The van der Waals surface area contributed by atoms with Gasteiger partial charge in [0.1, 0.15) is 0 Å². The molecule has 0 saturated heterocycles. The minimum Gasteiger partial charge on any atom is -0.312 e. The molecule has 0 spiro atoms. The van der Waals surface area contributed by atoms with Crippen LogP contribution in [-0.2, 0) is 11.3 Å². The number of hydrogen-bond donors (Lipinski definition) is 0. The van der Waals surface area contributed by atoms with Gasteiger partial charge in [0.05, 0.1) is 17.2 Å². The molecule has 1 heterocycles. The Morgan fingerprint density at radius 1 is 1.15 bits per heavy atom. The lowest BCUT2D eigenvalue weighted by atomic mass is 10.1. The van der Waals surface area contributed by atoms with Crippen molar-refractivity contribution in [2.24, 2.45) is 0 Å². The summed E-state index contributed by atoms with van der Waals surface area (Å²) in [5, 5.41) is 0.573. The predicted molar refractivity (Wildman–Crippen MR) is 105 cm³/mol. The highest BCUT2D eigenvalue weighted by Gasteiger charge is 2.16. The van der Waals surface area contributed by atoms with Gasteiger partial charge in [0.25, 0.3) is 5.56 Å². The van der Waals surface area contributed by atoms with Gasteiger partial charge in [-0.2, -0.15) is 0 Å². The van der Waals surface area contributed by atoms with Crippen molar-refractivity contribution in [2.75, 3.05) is 11.4 Å². The average molecular weight is 349 g/mol. The molecule has 0 atom stereocenters. The van der Waals surface area contributed by atoms with Crippen molar-refractivity contribution in [3.8, 4) is 0 Å². The minimum atomic E-state index is -0.113. The zero-order valence-electron chi connectivity index (χ0n) is 15.4. The normalized spacial score (nSPS) is 10.9. The Hall–Kier alpha value is -2.95. The van der Waals surface area contributed by atoms with Crippen LogP contribution in [0.4, 0.5) is 5.69 Å². The van der Waals surface area contributed by atoms with Gasteiger partial charge in [-0.15, -0.1) is 0 Å². The SMILES string of the molecule is CCN(C(=O)CCn1cnc2ccccc2c1=O)c1cc(C)ccc1C. The number of carbonyl (C=O) groups excluding carboxylic acids is 1. The summed E-state index contributed by atoms with van der Waals surface area (Å²) in [7, 11) is 0. The average Bonchev–Trinajstić information content (AvgIpc) is 2.65. The maximum Gasteiger partial charge on any atom is 0.261 e. The quantitative estimate of drug-likeness (QED) is 0.709. The summed E-state index contributed by atoms with van der Waals surface area (Å²) in [6.45, 7) is 6.89. The molecule has 0 saturated carbocycles. The summed E-state index contributed by atoms with van der Waals surface area (Å²) in [5.41, 5.74) is 3.67. The zero-order valence-corrected chi connectivity index (χ0v) is 15.4. The number of para-hydroxylation sites is 1. The lowest BCUT2D eigenvalue weighted by Gasteiger charge is -2.23. The van der Waals surface area contributed by atoms with E-state index in [1.54, 1.807) is 11.0 Å². The number of nitrogens with zero attached hydrogens (tertiary/aromatic N) is 3. The maximum atomic E-state index is 12.8. The Labute approximate surface area is 152 Å². The van der Waals surface area contributed by atoms with E-state index in [4.69, 9.17) is 0 Å². The van der Waals surface area contributed by atoms with Gasteiger partial charge in [-0.05, 0) is 50.1 Å². The van der Waals surface area contributed by atoms with E-state index in [9.17, 15) is 9.59 Å². The smallest absolute Gasteiger partial charge is 0.261 e. The van der Waals surface area contributed by atoms with Crippen LogP contribution in [0.25, 0.3) is 10.9 Å². The molecule has 0 unspecified atom stereocenters. The number of carbonyl (C=O) groups is 1. The standard InChI is InChI=1S/C21H23N3O2/c1-4-24(19-13-15(2)9-10-16(19)3)20(25)11-12-23-14-22-18-8-6-5-7-17(18)21(23)26/h5-10,13-14H,4,11-12H2,1-3H3. The summed E-state index contributed by atoms with van der Waals surface area (Å²) in [5.74, 6) is 0.00117. The zero-order chi connectivity index (χ0) is 18.7. The van der Waals surface area contributed by atoms with Crippen molar-refractivity contribution in [1.29, 1.82) is 0 Å². The molecule has 3 aromatic rings. The Morgan fingerprint density at radius 3 is 2.69 bits per heavy atom. The molecule has 0 radical (unpaired) electrons. The van der Waals surface area contributed by atoms with E-state index in [0.717, 1.165) is 16.8 Å².